The summed E-state index contributed by atoms with van der Waals surface area (Å²) in [6.07, 6.45) is 9.37. The number of unbranched alkanes of at least 4 members (excludes halogenated alkanes) is 2. The summed E-state index contributed by atoms with van der Waals surface area (Å²) in [5.74, 6) is -1.44. The van der Waals surface area contributed by atoms with E-state index in [-0.39, 0.29) is 12.4 Å². The van der Waals surface area contributed by atoms with Crippen molar-refractivity contribution in [1.82, 2.24) is 14.9 Å². The number of ether oxygens (including phenoxy) is 1. The molecule has 4 rings (SSSR count). The lowest BCUT2D eigenvalue weighted by atomic mass is 10.1. The van der Waals surface area contributed by atoms with Gasteiger partial charge in [0, 0.05) is 30.6 Å². The second-order valence-corrected chi connectivity index (χ2v) is 14.7. The summed E-state index contributed by atoms with van der Waals surface area (Å²) in [7, 11) is 0. The number of fused-ring (bicyclic) bond motifs is 1. The van der Waals surface area contributed by atoms with Crippen LogP contribution in [0.2, 0.25) is 0 Å². The van der Waals surface area contributed by atoms with Crippen LogP contribution in [-0.2, 0) is 14.4 Å². The van der Waals surface area contributed by atoms with Crippen molar-refractivity contribution in [3.05, 3.63) is 78.4 Å². The SMILES string of the molecule is CCCCC1CN(c2ccccc2)c2cc(SC)c(OCC(=O)N[C@@H](C(=O)N[C@@H](CSC)C(=O)O)c3ccccc3)cc2SN1CCCC. The van der Waals surface area contributed by atoms with Gasteiger partial charge in [0.2, 0.25) is 5.91 Å². The van der Waals surface area contributed by atoms with Crippen LogP contribution in [0.4, 0.5) is 11.4 Å². The molecule has 1 unspecified atom stereocenters. The maximum absolute atomic E-state index is 13.4. The van der Waals surface area contributed by atoms with Crippen molar-refractivity contribution in [2.24, 2.45) is 0 Å². The first-order valence-electron chi connectivity index (χ1n) is 16.8. The molecule has 0 spiro atoms. The maximum Gasteiger partial charge on any atom is 0.327 e. The van der Waals surface area contributed by atoms with Gasteiger partial charge in [0.25, 0.3) is 5.91 Å². The highest BCUT2D eigenvalue weighted by atomic mass is 32.2. The number of hydrogen-bond donors (Lipinski definition) is 3. The average Bonchev–Trinajstić information content (AvgIpc) is 3.27. The van der Waals surface area contributed by atoms with E-state index in [9.17, 15) is 19.5 Å². The van der Waals surface area contributed by atoms with Crippen LogP contribution in [0.15, 0.2) is 82.6 Å². The van der Waals surface area contributed by atoms with E-state index in [0.29, 0.717) is 17.4 Å². The maximum atomic E-state index is 13.4. The van der Waals surface area contributed by atoms with Crippen LogP contribution in [0.1, 0.15) is 57.6 Å². The molecule has 264 valence electrons. The average molecular weight is 725 g/mol. The molecule has 0 saturated heterocycles. The molecule has 3 aromatic rings. The monoisotopic (exact) mass is 724 g/mol. The molecule has 3 atom stereocenters. The van der Waals surface area contributed by atoms with Gasteiger partial charge in [-0.1, -0.05) is 81.6 Å². The zero-order valence-electron chi connectivity index (χ0n) is 28.7. The zero-order chi connectivity index (χ0) is 35.2. The molecular weight excluding hydrogens is 677 g/mol. The lowest BCUT2D eigenvalue weighted by molar-refractivity contribution is -0.141. The van der Waals surface area contributed by atoms with Crippen LogP contribution in [-0.4, -0.2) is 77.2 Å². The Hall–Kier alpha value is -3.32. The highest BCUT2D eigenvalue weighted by Crippen LogP contribution is 2.46. The Bertz CT molecular complexity index is 1510. The zero-order valence-corrected chi connectivity index (χ0v) is 31.2. The van der Waals surface area contributed by atoms with Crippen molar-refractivity contribution in [3.8, 4) is 5.75 Å². The first kappa shape index (κ1) is 38.5. The highest BCUT2D eigenvalue weighted by Gasteiger charge is 2.31. The number of aliphatic carboxylic acids is 1. The Kier molecular flexibility index (Phi) is 15.5. The standard InChI is InChI=1S/C37H48N4O5S3/c1-5-7-17-28-23-40(27-18-13-10-14-19-27)30-21-33(48-4)31(22-32(30)49-41(28)20-8-6-2)46-24-34(42)39-35(26-15-11-9-12-16-26)36(43)38-29(25-47-3)37(44)45/h9-16,18-19,21-22,28-29,35H,5-8,17,20,23-25H2,1-4H3,(H,38,43)(H,39,42)(H,44,45)/t28?,29-,35+/m0/s1. The van der Waals surface area contributed by atoms with E-state index in [1.54, 1.807) is 54.2 Å². The van der Waals surface area contributed by atoms with Gasteiger partial charge >= 0.3 is 5.97 Å². The van der Waals surface area contributed by atoms with Gasteiger partial charge in [-0.3, -0.25) is 9.59 Å². The number of nitrogens with zero attached hydrogens (tertiary/aromatic N) is 2. The number of benzene rings is 3. The minimum Gasteiger partial charge on any atom is -0.483 e. The topological polar surface area (TPSA) is 111 Å². The third kappa shape index (κ3) is 10.8. The van der Waals surface area contributed by atoms with E-state index in [0.717, 1.165) is 66.4 Å². The minimum atomic E-state index is -1.13. The Morgan fingerprint density at radius 2 is 1.67 bits per heavy atom. The Labute approximate surface area is 303 Å². The molecule has 12 heteroatoms. The van der Waals surface area contributed by atoms with Crippen LogP contribution in [0.3, 0.4) is 0 Å². The second-order valence-electron chi connectivity index (χ2n) is 11.9. The molecule has 3 N–H and O–H groups in total. The molecule has 3 aromatic carbocycles. The molecule has 0 aliphatic carbocycles. The number of carboxylic acids is 1. The molecular formula is C37H48N4O5S3. The van der Waals surface area contributed by atoms with Crippen molar-refractivity contribution in [2.75, 3.05) is 42.9 Å². The van der Waals surface area contributed by atoms with E-state index in [1.165, 1.54) is 11.8 Å². The van der Waals surface area contributed by atoms with Crippen LogP contribution in [0.5, 0.6) is 5.75 Å². The molecule has 1 aliphatic rings. The molecule has 1 aliphatic heterocycles. The largest absolute Gasteiger partial charge is 0.483 e. The van der Waals surface area contributed by atoms with Crippen molar-refractivity contribution in [1.29, 1.82) is 0 Å². The third-order valence-electron chi connectivity index (χ3n) is 8.25. The van der Waals surface area contributed by atoms with E-state index >= 15 is 0 Å². The van der Waals surface area contributed by atoms with Crippen molar-refractivity contribution < 1.29 is 24.2 Å². The van der Waals surface area contributed by atoms with Crippen molar-refractivity contribution >= 4 is 64.6 Å². The lowest BCUT2D eigenvalue weighted by Gasteiger charge is -2.32. The molecule has 0 radical (unpaired) electrons. The molecule has 0 aromatic heterocycles. The number of anilines is 2. The van der Waals surface area contributed by atoms with E-state index in [4.69, 9.17) is 4.74 Å². The summed E-state index contributed by atoms with van der Waals surface area (Å²) in [6, 6.07) is 21.7. The summed E-state index contributed by atoms with van der Waals surface area (Å²) in [5, 5.41) is 15.0. The number of thioether (sulfide) groups is 2. The summed E-state index contributed by atoms with van der Waals surface area (Å²) < 4.78 is 8.74. The number of hydrogen-bond acceptors (Lipinski definition) is 9. The van der Waals surface area contributed by atoms with Gasteiger partial charge in [0.1, 0.15) is 17.8 Å². The summed E-state index contributed by atoms with van der Waals surface area (Å²) in [5.41, 5.74) is 2.78. The number of carboxylic acid groups (broad SMARTS) is 1. The predicted octanol–water partition coefficient (Wildman–Crippen LogP) is 7.40. The quantitative estimate of drug-likeness (QED) is 0.0907. The fourth-order valence-electron chi connectivity index (χ4n) is 5.65. The van der Waals surface area contributed by atoms with Gasteiger partial charge in [0.15, 0.2) is 6.61 Å². The Balaban J connectivity index is 1.60. The summed E-state index contributed by atoms with van der Waals surface area (Å²) >= 11 is 4.64. The normalized spacial score (nSPS) is 15.8. The van der Waals surface area contributed by atoms with Gasteiger partial charge < -0.3 is 25.4 Å². The molecule has 0 fully saturated rings. The van der Waals surface area contributed by atoms with Crippen LogP contribution in [0.25, 0.3) is 0 Å². The predicted molar refractivity (Wildman–Crippen MR) is 203 cm³/mol. The number of amides is 2. The molecule has 0 bridgehead atoms. The van der Waals surface area contributed by atoms with Crippen LogP contribution >= 0.6 is 35.5 Å². The summed E-state index contributed by atoms with van der Waals surface area (Å²) in [4.78, 5) is 42.8. The number of nitrogens with one attached hydrogen (secondary N) is 2. The minimum absolute atomic E-state index is 0.199. The summed E-state index contributed by atoms with van der Waals surface area (Å²) in [6.45, 7) is 5.98. The van der Waals surface area contributed by atoms with E-state index in [1.807, 2.05) is 24.5 Å². The number of carbonyl (C=O) groups is 3. The van der Waals surface area contributed by atoms with Crippen LogP contribution < -0.4 is 20.3 Å². The Morgan fingerprint density at radius 3 is 2.31 bits per heavy atom. The molecule has 0 saturated carbocycles. The highest BCUT2D eigenvalue weighted by molar-refractivity contribution is 7.99. The van der Waals surface area contributed by atoms with Crippen molar-refractivity contribution in [2.45, 2.75) is 73.9 Å². The van der Waals surface area contributed by atoms with Gasteiger partial charge in [-0.25, -0.2) is 9.10 Å². The van der Waals surface area contributed by atoms with Crippen LogP contribution in [0, 0.1) is 0 Å². The van der Waals surface area contributed by atoms with E-state index < -0.39 is 29.9 Å². The van der Waals surface area contributed by atoms with Gasteiger partial charge in [-0.05, 0) is 67.1 Å². The van der Waals surface area contributed by atoms with Crippen molar-refractivity contribution in [3.63, 3.8) is 0 Å². The Morgan fingerprint density at radius 1 is 0.980 bits per heavy atom. The third-order valence-corrected chi connectivity index (χ3v) is 10.9. The molecule has 9 nitrogen and oxygen atoms in total. The first-order valence-corrected chi connectivity index (χ1v) is 20.2. The number of rotatable bonds is 18. The fourth-order valence-corrected chi connectivity index (χ4v) is 7.97. The number of para-hydroxylation sites is 1. The number of carbonyl (C=O) groups excluding carboxylic acids is 2. The molecule has 2 amide bonds. The smallest absolute Gasteiger partial charge is 0.327 e. The second kappa shape index (κ2) is 19.8. The van der Waals surface area contributed by atoms with Gasteiger partial charge in [-0.2, -0.15) is 11.8 Å². The lowest BCUT2D eigenvalue weighted by Crippen LogP contribution is -2.49. The van der Waals surface area contributed by atoms with Gasteiger partial charge in [0.05, 0.1) is 15.5 Å². The van der Waals surface area contributed by atoms with Gasteiger partial charge in [-0.15, -0.1) is 11.8 Å². The first-order chi connectivity index (χ1) is 23.8. The molecule has 49 heavy (non-hydrogen) atoms. The molecule has 1 heterocycles. The van der Waals surface area contributed by atoms with E-state index in [2.05, 4.69) is 64.0 Å². The fraction of sp³-hybridized carbons (Fsp3) is 0.432.